The predicted octanol–water partition coefficient (Wildman–Crippen LogP) is 5.19. The first-order valence-corrected chi connectivity index (χ1v) is 9.98. The van der Waals surface area contributed by atoms with Gasteiger partial charge in [0.1, 0.15) is 0 Å². The molecule has 0 spiro atoms. The van der Waals surface area contributed by atoms with Crippen LogP contribution >= 0.6 is 12.2 Å². The van der Waals surface area contributed by atoms with Crippen LogP contribution in [0.3, 0.4) is 0 Å². The van der Waals surface area contributed by atoms with Crippen LogP contribution in [0.5, 0.6) is 0 Å². The van der Waals surface area contributed by atoms with Crippen LogP contribution in [0.15, 0.2) is 18.2 Å². The molecular formula is C21H30N2S. The van der Waals surface area contributed by atoms with Gasteiger partial charge in [-0.15, -0.1) is 0 Å². The quantitative estimate of drug-likeness (QED) is 0.739. The highest BCUT2D eigenvalue weighted by atomic mass is 32.1. The van der Waals surface area contributed by atoms with Crippen LogP contribution in [-0.2, 0) is 0 Å². The Balaban J connectivity index is 1.42. The standard InChI is InChI=1S/C21H30N2S/c1-13-4-14(2)6-19(5-13)23-20(24)22-15(3)21-10-16-7-17(11-21)9-18(8-16)12-21/h4-6,15-18H,7-12H2,1-3H3,(H2,22,23,24). The molecule has 0 amide bonds. The smallest absolute Gasteiger partial charge is 0.171 e. The van der Waals surface area contributed by atoms with Crippen molar-refractivity contribution in [3.8, 4) is 0 Å². The molecule has 0 radical (unpaired) electrons. The summed E-state index contributed by atoms with van der Waals surface area (Å²) in [7, 11) is 0. The van der Waals surface area contributed by atoms with E-state index in [1.165, 1.54) is 49.7 Å². The number of hydrogen-bond donors (Lipinski definition) is 2. The van der Waals surface area contributed by atoms with Gasteiger partial charge in [0.15, 0.2) is 5.11 Å². The molecule has 4 aliphatic rings. The van der Waals surface area contributed by atoms with Crippen molar-refractivity contribution in [3.63, 3.8) is 0 Å². The second-order valence-electron chi connectivity index (χ2n) is 8.98. The fraction of sp³-hybridized carbons (Fsp3) is 0.667. The number of nitrogens with one attached hydrogen (secondary N) is 2. The molecule has 1 aromatic carbocycles. The summed E-state index contributed by atoms with van der Waals surface area (Å²) >= 11 is 5.63. The lowest BCUT2D eigenvalue weighted by Crippen LogP contribution is -2.56. The molecule has 2 nitrogen and oxygen atoms in total. The van der Waals surface area contributed by atoms with Crippen LogP contribution in [-0.4, -0.2) is 11.2 Å². The molecule has 0 heterocycles. The summed E-state index contributed by atoms with van der Waals surface area (Å²) in [5.41, 5.74) is 4.13. The topological polar surface area (TPSA) is 24.1 Å². The third-order valence-corrected chi connectivity index (χ3v) is 7.05. The van der Waals surface area contributed by atoms with Crippen molar-refractivity contribution in [2.24, 2.45) is 23.2 Å². The number of anilines is 1. The first kappa shape index (κ1) is 16.4. The highest BCUT2D eigenvalue weighted by Crippen LogP contribution is 2.61. The summed E-state index contributed by atoms with van der Waals surface area (Å²) in [6.45, 7) is 6.63. The normalized spacial score (nSPS) is 34.9. The van der Waals surface area contributed by atoms with E-state index in [0.717, 1.165) is 28.6 Å². The van der Waals surface area contributed by atoms with E-state index >= 15 is 0 Å². The molecule has 4 fully saturated rings. The molecule has 4 saturated carbocycles. The van der Waals surface area contributed by atoms with E-state index in [2.05, 4.69) is 49.6 Å². The number of rotatable bonds is 3. The Bertz CT molecular complexity index is 596. The van der Waals surface area contributed by atoms with Crippen LogP contribution in [0, 0.1) is 37.0 Å². The minimum absolute atomic E-state index is 0.469. The van der Waals surface area contributed by atoms with Gasteiger partial charge in [-0.2, -0.15) is 0 Å². The maximum atomic E-state index is 5.63. The van der Waals surface area contributed by atoms with E-state index in [4.69, 9.17) is 12.2 Å². The summed E-state index contributed by atoms with van der Waals surface area (Å²) in [4.78, 5) is 0. The van der Waals surface area contributed by atoms with Crippen molar-refractivity contribution in [1.82, 2.24) is 5.32 Å². The zero-order chi connectivity index (χ0) is 16.9. The van der Waals surface area contributed by atoms with Crippen LogP contribution in [0.4, 0.5) is 5.69 Å². The molecule has 2 N–H and O–H groups in total. The Hall–Kier alpha value is -1.09. The van der Waals surface area contributed by atoms with Gasteiger partial charge in [0.2, 0.25) is 0 Å². The van der Waals surface area contributed by atoms with Gasteiger partial charge in [-0.1, -0.05) is 6.07 Å². The van der Waals surface area contributed by atoms with Gasteiger partial charge >= 0.3 is 0 Å². The summed E-state index contributed by atoms with van der Waals surface area (Å²) < 4.78 is 0. The van der Waals surface area contributed by atoms with Gasteiger partial charge in [-0.05, 0) is 118 Å². The first-order valence-electron chi connectivity index (χ1n) is 9.58. The maximum Gasteiger partial charge on any atom is 0.171 e. The molecule has 4 bridgehead atoms. The van der Waals surface area contributed by atoms with Crippen LogP contribution in [0.25, 0.3) is 0 Å². The molecule has 0 aliphatic heterocycles. The monoisotopic (exact) mass is 342 g/mol. The number of benzene rings is 1. The van der Waals surface area contributed by atoms with E-state index in [9.17, 15) is 0 Å². The van der Waals surface area contributed by atoms with Gasteiger partial charge in [0.25, 0.3) is 0 Å². The summed E-state index contributed by atoms with van der Waals surface area (Å²) in [5.74, 6) is 2.96. The van der Waals surface area contributed by atoms with Crippen LogP contribution in [0.1, 0.15) is 56.6 Å². The van der Waals surface area contributed by atoms with E-state index in [0.29, 0.717) is 11.5 Å². The zero-order valence-electron chi connectivity index (χ0n) is 15.2. The second-order valence-corrected chi connectivity index (χ2v) is 9.38. The van der Waals surface area contributed by atoms with Crippen molar-refractivity contribution in [1.29, 1.82) is 0 Å². The van der Waals surface area contributed by atoms with E-state index < -0.39 is 0 Å². The highest BCUT2D eigenvalue weighted by molar-refractivity contribution is 7.80. The molecule has 4 aliphatic carbocycles. The fourth-order valence-corrected chi connectivity index (χ4v) is 6.57. The molecule has 1 unspecified atom stereocenters. The van der Waals surface area contributed by atoms with Crippen LogP contribution < -0.4 is 10.6 Å². The van der Waals surface area contributed by atoms with Crippen molar-refractivity contribution < 1.29 is 0 Å². The molecule has 1 atom stereocenters. The van der Waals surface area contributed by atoms with Gasteiger partial charge in [-0.25, -0.2) is 0 Å². The largest absolute Gasteiger partial charge is 0.359 e. The lowest BCUT2D eigenvalue weighted by Gasteiger charge is -2.59. The Kier molecular flexibility index (Phi) is 4.11. The zero-order valence-corrected chi connectivity index (χ0v) is 16.0. The molecule has 0 aromatic heterocycles. The molecule has 130 valence electrons. The number of thiocarbonyl (C=S) groups is 1. The van der Waals surface area contributed by atoms with Gasteiger partial charge in [-0.3, -0.25) is 0 Å². The predicted molar refractivity (Wildman–Crippen MR) is 105 cm³/mol. The average molecular weight is 343 g/mol. The number of hydrogen-bond acceptors (Lipinski definition) is 1. The van der Waals surface area contributed by atoms with Gasteiger partial charge in [0, 0.05) is 11.7 Å². The Labute approximate surface area is 151 Å². The minimum atomic E-state index is 0.469. The lowest BCUT2D eigenvalue weighted by molar-refractivity contribution is -0.0671. The second kappa shape index (κ2) is 6.01. The SMILES string of the molecule is Cc1cc(C)cc(NC(=S)NC(C)C23CC4CC(CC(C4)C2)C3)c1. The molecule has 24 heavy (non-hydrogen) atoms. The van der Waals surface area contributed by atoms with E-state index in [1.807, 2.05) is 0 Å². The summed E-state index contributed by atoms with van der Waals surface area (Å²) in [5, 5.41) is 7.83. The lowest BCUT2D eigenvalue weighted by atomic mass is 9.48. The van der Waals surface area contributed by atoms with Crippen molar-refractivity contribution >= 4 is 23.0 Å². The molecule has 5 rings (SSSR count). The summed E-state index contributed by atoms with van der Waals surface area (Å²) in [6, 6.07) is 6.99. The summed E-state index contributed by atoms with van der Waals surface area (Å²) in [6.07, 6.45) is 8.74. The van der Waals surface area contributed by atoms with Crippen molar-refractivity contribution in [2.45, 2.75) is 65.3 Å². The Morgan fingerprint density at radius 3 is 2.00 bits per heavy atom. The first-order chi connectivity index (χ1) is 11.4. The van der Waals surface area contributed by atoms with E-state index in [-0.39, 0.29) is 0 Å². The molecule has 1 aromatic rings. The van der Waals surface area contributed by atoms with Gasteiger partial charge < -0.3 is 10.6 Å². The van der Waals surface area contributed by atoms with Crippen molar-refractivity contribution in [3.05, 3.63) is 29.3 Å². The minimum Gasteiger partial charge on any atom is -0.359 e. The Morgan fingerprint density at radius 1 is 1.00 bits per heavy atom. The maximum absolute atomic E-state index is 5.63. The fourth-order valence-electron chi connectivity index (χ4n) is 6.27. The third kappa shape index (κ3) is 3.08. The average Bonchev–Trinajstić information content (AvgIpc) is 2.44. The van der Waals surface area contributed by atoms with E-state index in [1.54, 1.807) is 0 Å². The van der Waals surface area contributed by atoms with Gasteiger partial charge in [0.05, 0.1) is 0 Å². The molecular weight excluding hydrogens is 312 g/mol. The highest BCUT2D eigenvalue weighted by Gasteiger charge is 2.53. The molecule has 3 heteroatoms. The third-order valence-electron chi connectivity index (χ3n) is 6.83. The molecule has 0 saturated heterocycles. The number of aryl methyl sites for hydroxylation is 2. The Morgan fingerprint density at radius 2 is 1.50 bits per heavy atom. The van der Waals surface area contributed by atoms with Crippen LogP contribution in [0.2, 0.25) is 0 Å². The van der Waals surface area contributed by atoms with Crippen molar-refractivity contribution in [2.75, 3.05) is 5.32 Å².